The van der Waals surface area contributed by atoms with Gasteiger partial charge in [-0.2, -0.15) is 11.1 Å². The van der Waals surface area contributed by atoms with Crippen LogP contribution < -0.4 is 0 Å². The average molecular weight is 323 g/mol. The zero-order chi connectivity index (χ0) is 15.5. The third-order valence-corrected chi connectivity index (χ3v) is 7.53. The lowest BCUT2D eigenvalue weighted by atomic mass is 9.94. The van der Waals surface area contributed by atoms with Gasteiger partial charge in [0.1, 0.15) is 0 Å². The first-order valence-corrected chi connectivity index (χ1v) is 11.8. The van der Waals surface area contributed by atoms with E-state index in [1.165, 1.54) is 37.9 Å². The second-order valence-electron chi connectivity index (χ2n) is 6.74. The van der Waals surface area contributed by atoms with E-state index in [1.54, 1.807) is 0 Å². The molecule has 0 N–H and O–H groups in total. The first kappa shape index (κ1) is 14.0. The van der Waals surface area contributed by atoms with E-state index in [0.717, 1.165) is 0 Å². The van der Waals surface area contributed by atoms with Crippen LogP contribution in [0.4, 0.5) is 0 Å². The summed E-state index contributed by atoms with van der Waals surface area (Å²) in [7, 11) is -1.79. The van der Waals surface area contributed by atoms with Crippen molar-refractivity contribution < 1.29 is 0 Å². The number of rotatable bonds is 1. The molecule has 22 heavy (non-hydrogen) atoms. The Kier molecular flexibility index (Phi) is 3.01. The van der Waals surface area contributed by atoms with Gasteiger partial charge in [0.15, 0.2) is 7.38 Å². The van der Waals surface area contributed by atoms with Crippen molar-refractivity contribution in [1.82, 2.24) is 0 Å². The van der Waals surface area contributed by atoms with Crippen LogP contribution in [0, 0.1) is 0 Å². The minimum absolute atomic E-state index is 0.449. The average Bonchev–Trinajstić information content (AvgIpc) is 2.84. The molecule has 0 saturated carbocycles. The summed E-state index contributed by atoms with van der Waals surface area (Å²) in [5.74, 6) is 0.449. The van der Waals surface area contributed by atoms with Crippen LogP contribution >= 0.6 is 11.1 Å². The molecule has 0 fully saturated rings. The smallest absolute Gasteiger partial charge is 0.162 e. The topological polar surface area (TPSA) is 0 Å². The molecule has 0 aromatic heterocycles. The van der Waals surface area contributed by atoms with Crippen LogP contribution in [0.1, 0.15) is 24.0 Å². The molecule has 1 unspecified atom stereocenters. The van der Waals surface area contributed by atoms with Crippen LogP contribution in [0.25, 0.3) is 27.6 Å². The third-order valence-electron chi connectivity index (χ3n) is 4.92. The highest BCUT2D eigenvalue weighted by Crippen LogP contribution is 2.45. The maximum Gasteiger partial charge on any atom is 0.177 e. The van der Waals surface area contributed by atoms with Gasteiger partial charge < -0.3 is 0 Å². The molecule has 0 spiro atoms. The Balaban J connectivity index is 2.07. The lowest BCUT2D eigenvalue weighted by molar-refractivity contribution is 0.965. The van der Waals surface area contributed by atoms with Gasteiger partial charge in [0.05, 0.1) is 0 Å². The van der Waals surface area contributed by atoms with Gasteiger partial charge in [-0.3, -0.25) is 0 Å². The second kappa shape index (κ2) is 4.71. The fourth-order valence-electron chi connectivity index (χ4n) is 3.80. The van der Waals surface area contributed by atoms with E-state index in [9.17, 15) is 0 Å². The summed E-state index contributed by atoms with van der Waals surface area (Å²) < 4.78 is 0. The Morgan fingerprint density at radius 2 is 1.59 bits per heavy atom. The van der Waals surface area contributed by atoms with Gasteiger partial charge in [0, 0.05) is 5.92 Å². The highest BCUT2D eigenvalue weighted by atomic mass is 35.6. The van der Waals surface area contributed by atoms with E-state index in [2.05, 4.69) is 74.6 Å². The lowest BCUT2D eigenvalue weighted by Crippen LogP contribution is -2.22. The number of halogens is 1. The Labute approximate surface area is 137 Å². The molecule has 4 rings (SSSR count). The first-order chi connectivity index (χ1) is 10.5. The molecule has 3 aromatic rings. The van der Waals surface area contributed by atoms with E-state index in [-0.39, 0.29) is 0 Å². The maximum atomic E-state index is 6.74. The molecule has 2 heteroatoms. The molecule has 0 aliphatic heterocycles. The molecule has 0 amide bonds. The zero-order valence-electron chi connectivity index (χ0n) is 13.2. The highest BCUT2D eigenvalue weighted by Gasteiger charge is 2.33. The van der Waals surface area contributed by atoms with Crippen LogP contribution in [0.3, 0.4) is 0 Å². The van der Waals surface area contributed by atoms with Crippen LogP contribution in [-0.2, 0) is 0 Å². The Hall–Kier alpha value is -1.57. The fraction of sp³-hybridized carbons (Fsp3) is 0.200. The lowest BCUT2D eigenvalue weighted by Gasteiger charge is -2.20. The molecule has 0 nitrogen and oxygen atoms in total. The Bertz CT molecular complexity index is 931. The third kappa shape index (κ3) is 1.96. The fourth-order valence-corrected chi connectivity index (χ4v) is 6.13. The summed E-state index contributed by atoms with van der Waals surface area (Å²) in [6.45, 7) is 6.74. The van der Waals surface area contributed by atoms with Crippen molar-refractivity contribution in [2.75, 3.05) is 0 Å². The Morgan fingerprint density at radius 3 is 2.36 bits per heavy atom. The SMILES string of the molecule is CC1C([Si](C)(C)Cl)=Cc2c1ccc1c2ccc2ccccc21. The number of benzene rings is 3. The Morgan fingerprint density at radius 1 is 0.864 bits per heavy atom. The maximum absolute atomic E-state index is 6.74. The van der Waals surface area contributed by atoms with Crippen molar-refractivity contribution in [3.8, 4) is 0 Å². The predicted octanol–water partition coefficient (Wildman–Crippen LogP) is 6.48. The van der Waals surface area contributed by atoms with Gasteiger partial charge in [0.2, 0.25) is 0 Å². The quantitative estimate of drug-likeness (QED) is 0.273. The van der Waals surface area contributed by atoms with E-state index in [1.807, 2.05) is 0 Å². The summed E-state index contributed by atoms with van der Waals surface area (Å²) >= 11 is 6.74. The molecule has 1 atom stereocenters. The van der Waals surface area contributed by atoms with Crippen molar-refractivity contribution in [3.05, 3.63) is 64.9 Å². The van der Waals surface area contributed by atoms with Crippen molar-refractivity contribution >= 4 is 46.1 Å². The highest BCUT2D eigenvalue weighted by molar-refractivity contribution is 7.23. The van der Waals surface area contributed by atoms with Crippen LogP contribution in [0.5, 0.6) is 0 Å². The van der Waals surface area contributed by atoms with E-state index >= 15 is 0 Å². The molecule has 0 heterocycles. The minimum atomic E-state index is -1.79. The molecule has 110 valence electrons. The molecule has 0 radical (unpaired) electrons. The summed E-state index contributed by atoms with van der Waals surface area (Å²) in [6.07, 6.45) is 2.37. The van der Waals surface area contributed by atoms with Gasteiger partial charge in [-0.25, -0.2) is 0 Å². The van der Waals surface area contributed by atoms with E-state index in [0.29, 0.717) is 5.92 Å². The van der Waals surface area contributed by atoms with Crippen LogP contribution in [0.15, 0.2) is 53.7 Å². The standard InChI is InChI=1S/C20H19ClSi/c1-13-15-10-11-17-16-7-5-4-6-14(16)8-9-18(17)19(15)12-20(13)22(2,3)21/h4-13H,1-3H3. The number of allylic oxidation sites excluding steroid dienone is 1. The molecule has 0 bridgehead atoms. The van der Waals surface area contributed by atoms with Gasteiger partial charge >= 0.3 is 0 Å². The summed E-state index contributed by atoms with van der Waals surface area (Å²) in [5.41, 5.74) is 2.81. The van der Waals surface area contributed by atoms with Gasteiger partial charge in [-0.05, 0) is 32.7 Å². The second-order valence-corrected chi connectivity index (χ2v) is 13.1. The van der Waals surface area contributed by atoms with Crippen molar-refractivity contribution in [2.45, 2.75) is 25.9 Å². The predicted molar refractivity (Wildman–Crippen MR) is 101 cm³/mol. The molecule has 0 saturated heterocycles. The molecule has 1 aliphatic carbocycles. The molecule has 3 aromatic carbocycles. The minimum Gasteiger partial charge on any atom is -0.162 e. The number of fused-ring (bicyclic) bond motifs is 5. The van der Waals surface area contributed by atoms with Crippen molar-refractivity contribution in [3.63, 3.8) is 0 Å². The molecular formula is C20H19ClSi. The first-order valence-electron chi connectivity index (χ1n) is 7.82. The summed E-state index contributed by atoms with van der Waals surface area (Å²) in [4.78, 5) is 0. The summed E-state index contributed by atoms with van der Waals surface area (Å²) in [6, 6.07) is 17.7. The van der Waals surface area contributed by atoms with E-state index in [4.69, 9.17) is 11.1 Å². The molecular weight excluding hydrogens is 304 g/mol. The monoisotopic (exact) mass is 322 g/mol. The molecule has 1 aliphatic rings. The van der Waals surface area contributed by atoms with Gasteiger partial charge in [-0.15, -0.1) is 0 Å². The zero-order valence-corrected chi connectivity index (χ0v) is 14.9. The van der Waals surface area contributed by atoms with Crippen LogP contribution in [0.2, 0.25) is 13.1 Å². The normalized spacial score (nSPS) is 17.8. The largest absolute Gasteiger partial charge is 0.177 e. The number of hydrogen-bond donors (Lipinski definition) is 0. The van der Waals surface area contributed by atoms with Gasteiger partial charge in [0.25, 0.3) is 0 Å². The van der Waals surface area contributed by atoms with E-state index < -0.39 is 7.38 Å². The van der Waals surface area contributed by atoms with Crippen LogP contribution in [-0.4, -0.2) is 7.38 Å². The van der Waals surface area contributed by atoms with Crippen molar-refractivity contribution in [2.24, 2.45) is 0 Å². The van der Waals surface area contributed by atoms with Crippen molar-refractivity contribution in [1.29, 1.82) is 0 Å². The number of hydrogen-bond acceptors (Lipinski definition) is 0. The van der Waals surface area contributed by atoms with Gasteiger partial charge in [-0.1, -0.05) is 79.8 Å². The summed E-state index contributed by atoms with van der Waals surface area (Å²) in [5, 5.41) is 6.78.